The van der Waals surface area contributed by atoms with Gasteiger partial charge in [-0.25, -0.2) is 0 Å². The van der Waals surface area contributed by atoms with E-state index in [1.54, 1.807) is 6.92 Å². The second-order valence-electron chi connectivity index (χ2n) is 3.91. The van der Waals surface area contributed by atoms with Crippen LogP contribution in [0.2, 0.25) is 0 Å². The molecular weight excluding hydrogens is 136 g/mol. The molecule has 2 bridgehead atoms. The molecule has 2 aliphatic carbocycles. The SMILES string of the molecule is CC(=O)/C=C1/CC2CCC1C2. The lowest BCUT2D eigenvalue weighted by Crippen LogP contribution is -1.99. The van der Waals surface area contributed by atoms with Crippen molar-refractivity contribution in [3.05, 3.63) is 11.6 Å². The third-order valence-electron chi connectivity index (χ3n) is 2.98. The molecule has 11 heavy (non-hydrogen) atoms. The molecule has 60 valence electrons. The van der Waals surface area contributed by atoms with Gasteiger partial charge in [0.15, 0.2) is 5.78 Å². The second-order valence-corrected chi connectivity index (χ2v) is 3.91. The first-order valence-corrected chi connectivity index (χ1v) is 4.46. The highest BCUT2D eigenvalue weighted by Gasteiger charge is 2.35. The zero-order valence-corrected chi connectivity index (χ0v) is 6.97. The molecule has 2 aliphatic rings. The quantitative estimate of drug-likeness (QED) is 0.524. The molecule has 0 aliphatic heterocycles. The van der Waals surface area contributed by atoms with Gasteiger partial charge in [-0.3, -0.25) is 4.79 Å². The normalized spacial score (nSPS) is 38.5. The van der Waals surface area contributed by atoms with Gasteiger partial charge in [0.05, 0.1) is 0 Å². The number of hydrogen-bond acceptors (Lipinski definition) is 1. The number of fused-ring (bicyclic) bond motifs is 2. The Morgan fingerprint density at radius 1 is 1.55 bits per heavy atom. The summed E-state index contributed by atoms with van der Waals surface area (Å²) in [4.78, 5) is 10.8. The fourth-order valence-electron chi connectivity index (χ4n) is 2.53. The van der Waals surface area contributed by atoms with Crippen molar-refractivity contribution in [2.75, 3.05) is 0 Å². The Hall–Kier alpha value is -0.590. The first-order valence-electron chi connectivity index (χ1n) is 4.46. The first kappa shape index (κ1) is 7.08. The largest absolute Gasteiger partial charge is 0.295 e. The van der Waals surface area contributed by atoms with E-state index < -0.39 is 0 Å². The number of hydrogen-bond donors (Lipinski definition) is 0. The fourth-order valence-corrected chi connectivity index (χ4v) is 2.53. The third-order valence-corrected chi connectivity index (χ3v) is 2.98. The van der Waals surface area contributed by atoms with Gasteiger partial charge in [-0.15, -0.1) is 0 Å². The molecule has 0 N–H and O–H groups in total. The number of rotatable bonds is 1. The Labute approximate surface area is 67.5 Å². The van der Waals surface area contributed by atoms with Crippen LogP contribution in [0.3, 0.4) is 0 Å². The maximum absolute atomic E-state index is 10.8. The van der Waals surface area contributed by atoms with E-state index in [9.17, 15) is 4.79 Å². The zero-order chi connectivity index (χ0) is 7.84. The Bertz CT molecular complexity index is 215. The van der Waals surface area contributed by atoms with Gasteiger partial charge in [-0.1, -0.05) is 5.57 Å². The average Bonchev–Trinajstić information content (AvgIpc) is 2.45. The molecular formula is C10H14O. The van der Waals surface area contributed by atoms with Crippen LogP contribution < -0.4 is 0 Å². The van der Waals surface area contributed by atoms with E-state index in [-0.39, 0.29) is 5.78 Å². The van der Waals surface area contributed by atoms with Crippen LogP contribution in [0.25, 0.3) is 0 Å². The Morgan fingerprint density at radius 2 is 2.36 bits per heavy atom. The minimum absolute atomic E-state index is 0.229. The van der Waals surface area contributed by atoms with Crippen LogP contribution in [0.15, 0.2) is 11.6 Å². The smallest absolute Gasteiger partial charge is 0.152 e. The van der Waals surface area contributed by atoms with Gasteiger partial charge in [-0.2, -0.15) is 0 Å². The van der Waals surface area contributed by atoms with E-state index in [0.29, 0.717) is 0 Å². The van der Waals surface area contributed by atoms with Crippen LogP contribution in [0.4, 0.5) is 0 Å². The second kappa shape index (κ2) is 2.47. The summed E-state index contributed by atoms with van der Waals surface area (Å²) in [5.41, 5.74) is 1.44. The Morgan fingerprint density at radius 3 is 2.82 bits per heavy atom. The molecule has 1 heteroatoms. The molecule has 2 rings (SSSR count). The zero-order valence-electron chi connectivity index (χ0n) is 6.97. The summed E-state index contributed by atoms with van der Waals surface area (Å²) < 4.78 is 0. The van der Waals surface area contributed by atoms with Crippen LogP contribution in [0.5, 0.6) is 0 Å². The molecule has 0 spiro atoms. The van der Waals surface area contributed by atoms with Crippen molar-refractivity contribution in [1.29, 1.82) is 0 Å². The predicted octanol–water partition coefficient (Wildman–Crippen LogP) is 2.32. The predicted molar refractivity (Wildman–Crippen MR) is 44.2 cm³/mol. The van der Waals surface area contributed by atoms with E-state index in [1.807, 2.05) is 6.08 Å². The van der Waals surface area contributed by atoms with Crippen LogP contribution in [0.1, 0.15) is 32.6 Å². The Kier molecular flexibility index (Phi) is 1.59. The fraction of sp³-hybridized carbons (Fsp3) is 0.700. The minimum Gasteiger partial charge on any atom is -0.295 e. The lowest BCUT2D eigenvalue weighted by atomic mass is 9.94. The maximum Gasteiger partial charge on any atom is 0.152 e. The average molecular weight is 150 g/mol. The van der Waals surface area contributed by atoms with E-state index in [1.165, 1.54) is 31.3 Å². The number of carbonyl (C=O) groups excluding carboxylic acids is 1. The lowest BCUT2D eigenvalue weighted by Gasteiger charge is -2.11. The van der Waals surface area contributed by atoms with Gasteiger partial charge in [0, 0.05) is 0 Å². The van der Waals surface area contributed by atoms with Crippen LogP contribution in [-0.4, -0.2) is 5.78 Å². The van der Waals surface area contributed by atoms with Gasteiger partial charge < -0.3 is 0 Å². The molecule has 0 heterocycles. The molecule has 0 aromatic carbocycles. The van der Waals surface area contributed by atoms with E-state index >= 15 is 0 Å². The molecule has 0 amide bonds. The molecule has 2 saturated carbocycles. The molecule has 2 atom stereocenters. The first-order chi connectivity index (χ1) is 5.25. The highest BCUT2D eigenvalue weighted by atomic mass is 16.1. The van der Waals surface area contributed by atoms with E-state index in [0.717, 1.165) is 11.8 Å². The number of carbonyl (C=O) groups is 1. The van der Waals surface area contributed by atoms with Crippen LogP contribution >= 0.6 is 0 Å². The maximum atomic E-state index is 10.8. The van der Waals surface area contributed by atoms with Crippen molar-refractivity contribution in [3.63, 3.8) is 0 Å². The summed E-state index contributed by atoms with van der Waals surface area (Å²) in [7, 11) is 0. The van der Waals surface area contributed by atoms with Gasteiger partial charge in [0.2, 0.25) is 0 Å². The standard InChI is InChI=1S/C10H14O/c1-7(11)4-10-6-8-2-3-9(10)5-8/h4,8-9H,2-3,5-6H2,1H3/b10-4-. The summed E-state index contributed by atoms with van der Waals surface area (Å²) in [5.74, 6) is 1.93. The van der Waals surface area contributed by atoms with Crippen molar-refractivity contribution in [2.45, 2.75) is 32.6 Å². The van der Waals surface area contributed by atoms with E-state index in [2.05, 4.69) is 0 Å². The highest BCUT2D eigenvalue weighted by molar-refractivity contribution is 5.88. The minimum atomic E-state index is 0.229. The third kappa shape index (κ3) is 1.24. The molecule has 1 nitrogen and oxygen atoms in total. The molecule has 0 aromatic rings. The summed E-state index contributed by atoms with van der Waals surface area (Å²) in [6.45, 7) is 1.65. The van der Waals surface area contributed by atoms with Crippen LogP contribution in [0, 0.1) is 11.8 Å². The summed E-state index contributed by atoms with van der Waals surface area (Å²) >= 11 is 0. The molecule has 2 unspecified atom stereocenters. The molecule has 0 radical (unpaired) electrons. The van der Waals surface area contributed by atoms with Crippen molar-refractivity contribution in [3.8, 4) is 0 Å². The summed E-state index contributed by atoms with van der Waals surface area (Å²) in [6, 6.07) is 0. The molecule has 0 aromatic heterocycles. The Balaban J connectivity index is 2.13. The van der Waals surface area contributed by atoms with Crippen LogP contribution in [-0.2, 0) is 4.79 Å². The topological polar surface area (TPSA) is 17.1 Å². The number of ketones is 1. The number of allylic oxidation sites excluding steroid dienone is 2. The van der Waals surface area contributed by atoms with Crippen molar-refractivity contribution >= 4 is 5.78 Å². The van der Waals surface area contributed by atoms with E-state index in [4.69, 9.17) is 0 Å². The summed E-state index contributed by atoms with van der Waals surface area (Å²) in [6.07, 6.45) is 7.18. The summed E-state index contributed by atoms with van der Waals surface area (Å²) in [5, 5.41) is 0. The highest BCUT2D eigenvalue weighted by Crippen LogP contribution is 2.47. The van der Waals surface area contributed by atoms with Crippen molar-refractivity contribution in [1.82, 2.24) is 0 Å². The monoisotopic (exact) mass is 150 g/mol. The van der Waals surface area contributed by atoms with Gasteiger partial charge in [0.1, 0.15) is 0 Å². The van der Waals surface area contributed by atoms with Gasteiger partial charge in [0.25, 0.3) is 0 Å². The molecule has 2 fully saturated rings. The van der Waals surface area contributed by atoms with Gasteiger partial charge in [-0.05, 0) is 50.5 Å². The van der Waals surface area contributed by atoms with Gasteiger partial charge >= 0.3 is 0 Å². The van der Waals surface area contributed by atoms with Crippen molar-refractivity contribution in [2.24, 2.45) is 11.8 Å². The lowest BCUT2D eigenvalue weighted by molar-refractivity contribution is -0.112. The van der Waals surface area contributed by atoms with Crippen molar-refractivity contribution < 1.29 is 4.79 Å². The molecule has 0 saturated heterocycles.